The predicted molar refractivity (Wildman–Crippen MR) is 120 cm³/mol. The zero-order valence-electron chi connectivity index (χ0n) is 19.1. The van der Waals surface area contributed by atoms with Gasteiger partial charge in [-0.1, -0.05) is 44.2 Å². The topological polar surface area (TPSA) is 117 Å². The average Bonchev–Trinajstić information content (AvgIpc) is 3.30. The Morgan fingerprint density at radius 3 is 2.55 bits per heavy atom. The van der Waals surface area contributed by atoms with Crippen molar-refractivity contribution in [1.82, 2.24) is 20.9 Å². The van der Waals surface area contributed by atoms with Gasteiger partial charge in [0.15, 0.2) is 0 Å². The van der Waals surface area contributed by atoms with Crippen molar-refractivity contribution < 1.29 is 28.3 Å². The molecule has 1 saturated heterocycles. The van der Waals surface area contributed by atoms with E-state index in [1.807, 2.05) is 44.2 Å². The Labute approximate surface area is 193 Å². The van der Waals surface area contributed by atoms with E-state index in [2.05, 4.69) is 16.0 Å². The van der Waals surface area contributed by atoms with Gasteiger partial charge in [0, 0.05) is 13.1 Å². The zero-order valence-corrected chi connectivity index (χ0v) is 19.1. The smallest absolute Gasteiger partial charge is 0.410 e. The largest absolute Gasteiger partial charge is 0.445 e. The molecule has 1 aromatic rings. The van der Waals surface area contributed by atoms with Crippen molar-refractivity contribution in [2.24, 2.45) is 5.92 Å². The summed E-state index contributed by atoms with van der Waals surface area (Å²) in [7, 11) is 0. The minimum absolute atomic E-state index is 0.0944. The first-order valence-electron chi connectivity index (χ1n) is 11.2. The first kappa shape index (κ1) is 26.1. The molecule has 10 heteroatoms. The summed E-state index contributed by atoms with van der Waals surface area (Å²) >= 11 is 0. The van der Waals surface area contributed by atoms with Crippen LogP contribution in [0.15, 0.2) is 30.3 Å². The van der Waals surface area contributed by atoms with E-state index in [1.165, 1.54) is 4.90 Å². The van der Waals surface area contributed by atoms with E-state index >= 15 is 0 Å². The van der Waals surface area contributed by atoms with Crippen LogP contribution in [0, 0.1) is 5.92 Å². The van der Waals surface area contributed by atoms with Gasteiger partial charge in [0.1, 0.15) is 25.4 Å². The molecule has 1 fully saturated rings. The van der Waals surface area contributed by atoms with Gasteiger partial charge >= 0.3 is 6.09 Å². The minimum Gasteiger partial charge on any atom is -0.445 e. The maximum absolute atomic E-state index is 12.9. The molecule has 1 heterocycles. The minimum atomic E-state index is -0.866. The number of nitrogens with zero attached hydrogens (tertiary/aromatic N) is 1. The van der Waals surface area contributed by atoms with E-state index in [-0.39, 0.29) is 25.6 Å². The number of amides is 4. The quantitative estimate of drug-likeness (QED) is 0.459. The second-order valence-electron chi connectivity index (χ2n) is 8.34. The van der Waals surface area contributed by atoms with E-state index in [9.17, 15) is 23.6 Å². The lowest BCUT2D eigenvalue weighted by atomic mass is 10.0. The first-order valence-corrected chi connectivity index (χ1v) is 11.2. The zero-order chi connectivity index (χ0) is 24.2. The lowest BCUT2D eigenvalue weighted by molar-refractivity contribution is -0.132. The molecule has 1 aliphatic rings. The summed E-state index contributed by atoms with van der Waals surface area (Å²) in [5, 5.41) is 7.52. The molecule has 1 aromatic carbocycles. The Morgan fingerprint density at radius 2 is 1.88 bits per heavy atom. The van der Waals surface area contributed by atoms with Gasteiger partial charge in [0.25, 0.3) is 0 Å². The number of benzene rings is 1. The first-order chi connectivity index (χ1) is 15.8. The number of rotatable bonds is 11. The van der Waals surface area contributed by atoms with Crippen LogP contribution in [0.4, 0.5) is 9.18 Å². The van der Waals surface area contributed by atoms with E-state index in [1.54, 1.807) is 0 Å². The third-order valence-corrected chi connectivity index (χ3v) is 5.18. The standard InChI is InChI=1S/C23H33FN4O5/c1-16(2)13-18(21(30)26-14-20(29)25-11-10-24)27-22(31)19-9-6-12-28(19)23(32)33-15-17-7-4-3-5-8-17/h3-5,7-8,16,18-19H,6,9-15H2,1-2H3,(H,25,29)(H,26,30)(H,27,31)/t18-,19-/m0/s1. The molecule has 3 N–H and O–H groups in total. The molecule has 0 aromatic heterocycles. The highest BCUT2D eigenvalue weighted by molar-refractivity contribution is 5.93. The van der Waals surface area contributed by atoms with Crippen LogP contribution >= 0.6 is 0 Å². The normalized spacial score (nSPS) is 16.2. The van der Waals surface area contributed by atoms with Gasteiger partial charge in [-0.2, -0.15) is 0 Å². The van der Waals surface area contributed by atoms with Crippen molar-refractivity contribution in [1.29, 1.82) is 0 Å². The molecule has 2 atom stereocenters. The summed E-state index contributed by atoms with van der Waals surface area (Å²) in [6, 6.07) is 7.65. The summed E-state index contributed by atoms with van der Waals surface area (Å²) in [4.78, 5) is 51.1. The maximum atomic E-state index is 12.9. The Bertz CT molecular complexity index is 805. The fourth-order valence-electron chi connectivity index (χ4n) is 3.57. The maximum Gasteiger partial charge on any atom is 0.410 e. The van der Waals surface area contributed by atoms with Crippen LogP contribution in [0.25, 0.3) is 0 Å². The lowest BCUT2D eigenvalue weighted by Gasteiger charge is -2.26. The molecular formula is C23H33FN4O5. The molecule has 0 bridgehead atoms. The molecule has 0 aliphatic carbocycles. The number of ether oxygens (including phenoxy) is 1. The number of nitrogens with one attached hydrogen (secondary N) is 3. The number of hydrogen-bond acceptors (Lipinski definition) is 5. The molecule has 33 heavy (non-hydrogen) atoms. The Morgan fingerprint density at radius 1 is 1.15 bits per heavy atom. The van der Waals surface area contributed by atoms with E-state index < -0.39 is 42.6 Å². The molecule has 0 unspecified atom stereocenters. The molecule has 2 rings (SSSR count). The number of likely N-dealkylation sites (tertiary alicyclic amines) is 1. The summed E-state index contributed by atoms with van der Waals surface area (Å²) in [6.45, 7) is 3.17. The van der Waals surface area contributed by atoms with Crippen molar-refractivity contribution >= 4 is 23.8 Å². The molecular weight excluding hydrogens is 431 g/mol. The van der Waals surface area contributed by atoms with Gasteiger partial charge in [0.2, 0.25) is 17.7 Å². The number of carbonyl (C=O) groups is 4. The van der Waals surface area contributed by atoms with Crippen LogP contribution in [0.3, 0.4) is 0 Å². The SMILES string of the molecule is CC(C)C[C@H](NC(=O)[C@@H]1CCCN1C(=O)OCc1ccccc1)C(=O)NCC(=O)NCCF. The fourth-order valence-corrected chi connectivity index (χ4v) is 3.57. The molecule has 1 aliphatic heterocycles. The Balaban J connectivity index is 1.93. The van der Waals surface area contributed by atoms with Crippen LogP contribution in [0.2, 0.25) is 0 Å². The summed E-state index contributed by atoms with van der Waals surface area (Å²) < 4.78 is 17.5. The van der Waals surface area contributed by atoms with Gasteiger partial charge in [0.05, 0.1) is 6.54 Å². The van der Waals surface area contributed by atoms with Gasteiger partial charge in [-0.15, -0.1) is 0 Å². The molecule has 0 saturated carbocycles. The van der Waals surface area contributed by atoms with Crippen molar-refractivity contribution in [2.75, 3.05) is 26.3 Å². The van der Waals surface area contributed by atoms with Gasteiger partial charge in [-0.05, 0) is 30.7 Å². The fraction of sp³-hybridized carbons (Fsp3) is 0.565. The third-order valence-electron chi connectivity index (χ3n) is 5.18. The Kier molecular flexibility index (Phi) is 10.6. The predicted octanol–water partition coefficient (Wildman–Crippen LogP) is 1.52. The highest BCUT2D eigenvalue weighted by Crippen LogP contribution is 2.20. The second kappa shape index (κ2) is 13.4. The summed E-state index contributed by atoms with van der Waals surface area (Å²) in [6.07, 6.45) is 0.891. The van der Waals surface area contributed by atoms with Crippen LogP contribution < -0.4 is 16.0 Å². The number of alkyl halides is 1. The van der Waals surface area contributed by atoms with Crippen LogP contribution in [-0.2, 0) is 25.7 Å². The monoisotopic (exact) mass is 464 g/mol. The van der Waals surface area contributed by atoms with Crippen LogP contribution in [0.1, 0.15) is 38.7 Å². The summed E-state index contributed by atoms with van der Waals surface area (Å²) in [5.74, 6) is -1.37. The van der Waals surface area contributed by atoms with Crippen molar-refractivity contribution in [3.05, 3.63) is 35.9 Å². The van der Waals surface area contributed by atoms with Crippen molar-refractivity contribution in [3.8, 4) is 0 Å². The number of halogens is 1. The molecule has 182 valence electrons. The molecule has 9 nitrogen and oxygen atoms in total. The Hall–Kier alpha value is -3.17. The van der Waals surface area contributed by atoms with Gasteiger partial charge in [-0.25, -0.2) is 9.18 Å². The highest BCUT2D eigenvalue weighted by Gasteiger charge is 2.37. The van der Waals surface area contributed by atoms with Gasteiger partial charge < -0.3 is 20.7 Å². The molecule has 0 spiro atoms. The lowest BCUT2D eigenvalue weighted by Crippen LogP contribution is -2.54. The molecule has 0 radical (unpaired) electrons. The number of carbonyl (C=O) groups excluding carboxylic acids is 4. The van der Waals surface area contributed by atoms with Crippen molar-refractivity contribution in [3.63, 3.8) is 0 Å². The van der Waals surface area contributed by atoms with E-state index in [0.29, 0.717) is 25.8 Å². The number of hydrogen-bond donors (Lipinski definition) is 3. The van der Waals surface area contributed by atoms with E-state index in [4.69, 9.17) is 4.74 Å². The van der Waals surface area contributed by atoms with Crippen molar-refractivity contribution in [2.45, 2.75) is 51.8 Å². The summed E-state index contributed by atoms with van der Waals surface area (Å²) in [5.41, 5.74) is 0.843. The van der Waals surface area contributed by atoms with Crippen LogP contribution in [-0.4, -0.2) is 67.1 Å². The molecule has 4 amide bonds. The highest BCUT2D eigenvalue weighted by atomic mass is 19.1. The average molecular weight is 465 g/mol. The second-order valence-corrected chi connectivity index (χ2v) is 8.34. The third kappa shape index (κ3) is 8.70. The van der Waals surface area contributed by atoms with E-state index in [0.717, 1.165) is 5.56 Å². The van der Waals surface area contributed by atoms with Gasteiger partial charge in [-0.3, -0.25) is 19.3 Å². The van der Waals surface area contributed by atoms with Crippen LogP contribution in [0.5, 0.6) is 0 Å².